The third-order valence-corrected chi connectivity index (χ3v) is 3.49. The summed E-state index contributed by atoms with van der Waals surface area (Å²) in [4.78, 5) is 0. The maximum Gasteiger partial charge on any atom is 0.210 e. The number of para-hydroxylation sites is 1. The average molecular weight is 351 g/mol. The van der Waals surface area contributed by atoms with Crippen LogP contribution >= 0.6 is 15.9 Å². The van der Waals surface area contributed by atoms with Crippen LogP contribution in [0.15, 0.2) is 40.9 Å². The van der Waals surface area contributed by atoms with E-state index in [2.05, 4.69) is 15.9 Å². The molecular weight excluding hydrogens is 336 g/mol. The predicted molar refractivity (Wildman–Crippen MR) is 84.8 cm³/mol. The number of hydrogen-bond donors (Lipinski definition) is 2. The molecule has 0 spiro atoms. The zero-order chi connectivity index (χ0) is 15.4. The van der Waals surface area contributed by atoms with Gasteiger partial charge in [0.15, 0.2) is 11.5 Å². The van der Waals surface area contributed by atoms with E-state index >= 15 is 0 Å². The minimum atomic E-state index is -0.0108. The van der Waals surface area contributed by atoms with Gasteiger partial charge in [-0.3, -0.25) is 5.41 Å². The number of amidine groups is 1. The summed E-state index contributed by atoms with van der Waals surface area (Å²) < 4.78 is 17.1. The maximum absolute atomic E-state index is 7.46. The highest BCUT2D eigenvalue weighted by Crippen LogP contribution is 2.40. The monoisotopic (exact) mass is 350 g/mol. The van der Waals surface area contributed by atoms with E-state index in [-0.39, 0.29) is 5.84 Å². The van der Waals surface area contributed by atoms with Crippen molar-refractivity contribution in [3.05, 3.63) is 46.4 Å². The van der Waals surface area contributed by atoms with E-state index in [0.717, 1.165) is 0 Å². The molecule has 0 aliphatic carbocycles. The Kier molecular flexibility index (Phi) is 4.70. The first-order valence-electron chi connectivity index (χ1n) is 6.09. The molecule has 0 heterocycles. The zero-order valence-corrected chi connectivity index (χ0v) is 13.2. The molecular formula is C15H15BrN2O3. The van der Waals surface area contributed by atoms with E-state index < -0.39 is 0 Å². The fraction of sp³-hybridized carbons (Fsp3) is 0.133. The van der Waals surface area contributed by atoms with Crippen LogP contribution in [-0.2, 0) is 0 Å². The molecule has 0 saturated heterocycles. The van der Waals surface area contributed by atoms with Crippen molar-refractivity contribution in [2.24, 2.45) is 5.73 Å². The standard InChI is InChI=1S/C15H15BrN2O3/c1-19-12-4-3-5-13(20-2)14(12)21-9-6-7-10(15(17)18)11(16)8-9/h3-8H,1-2H3,(H3,17,18). The molecule has 0 bridgehead atoms. The Balaban J connectivity index is 2.38. The number of ether oxygens (including phenoxy) is 3. The van der Waals surface area contributed by atoms with Crippen molar-refractivity contribution in [3.63, 3.8) is 0 Å². The molecule has 2 aromatic carbocycles. The molecule has 0 radical (unpaired) electrons. The predicted octanol–water partition coefficient (Wildman–Crippen LogP) is 3.54. The summed E-state index contributed by atoms with van der Waals surface area (Å²) >= 11 is 3.37. The first kappa shape index (κ1) is 15.2. The Labute approximate surface area is 131 Å². The minimum Gasteiger partial charge on any atom is -0.493 e. The molecule has 0 fully saturated rings. The lowest BCUT2D eigenvalue weighted by atomic mass is 10.2. The van der Waals surface area contributed by atoms with E-state index in [4.69, 9.17) is 25.4 Å². The quantitative estimate of drug-likeness (QED) is 0.638. The fourth-order valence-electron chi connectivity index (χ4n) is 1.81. The summed E-state index contributed by atoms with van der Waals surface area (Å²) in [5.74, 6) is 2.20. The molecule has 0 saturated carbocycles. The second-order valence-corrected chi connectivity index (χ2v) is 5.00. The van der Waals surface area contributed by atoms with Gasteiger partial charge in [-0.25, -0.2) is 0 Å². The number of nitrogen functional groups attached to an aromatic ring is 1. The fourth-order valence-corrected chi connectivity index (χ4v) is 2.38. The highest BCUT2D eigenvalue weighted by atomic mass is 79.9. The van der Waals surface area contributed by atoms with Crippen LogP contribution in [0, 0.1) is 5.41 Å². The highest BCUT2D eigenvalue weighted by Gasteiger charge is 2.13. The van der Waals surface area contributed by atoms with Crippen LogP contribution in [0.2, 0.25) is 0 Å². The van der Waals surface area contributed by atoms with Gasteiger partial charge in [0.2, 0.25) is 5.75 Å². The number of halogens is 1. The Morgan fingerprint density at radius 2 is 1.71 bits per heavy atom. The normalized spacial score (nSPS) is 10.0. The molecule has 0 unspecified atom stereocenters. The van der Waals surface area contributed by atoms with Gasteiger partial charge in [0.25, 0.3) is 0 Å². The smallest absolute Gasteiger partial charge is 0.210 e. The van der Waals surface area contributed by atoms with Crippen molar-refractivity contribution < 1.29 is 14.2 Å². The third kappa shape index (κ3) is 3.28. The Morgan fingerprint density at radius 1 is 1.10 bits per heavy atom. The van der Waals surface area contributed by atoms with E-state index in [9.17, 15) is 0 Å². The van der Waals surface area contributed by atoms with Crippen molar-refractivity contribution >= 4 is 21.8 Å². The Morgan fingerprint density at radius 3 is 2.19 bits per heavy atom. The summed E-state index contributed by atoms with van der Waals surface area (Å²) in [6.45, 7) is 0. The second-order valence-electron chi connectivity index (χ2n) is 4.15. The molecule has 0 amide bonds. The summed E-state index contributed by atoms with van der Waals surface area (Å²) in [5.41, 5.74) is 6.09. The number of rotatable bonds is 5. The summed E-state index contributed by atoms with van der Waals surface area (Å²) in [6.07, 6.45) is 0. The molecule has 5 nitrogen and oxygen atoms in total. The Bertz CT molecular complexity index is 652. The van der Waals surface area contributed by atoms with Crippen LogP contribution < -0.4 is 19.9 Å². The lowest BCUT2D eigenvalue weighted by Crippen LogP contribution is -2.11. The molecule has 0 aliphatic heterocycles. The van der Waals surface area contributed by atoms with Gasteiger partial charge in [0.1, 0.15) is 11.6 Å². The average Bonchev–Trinajstić information content (AvgIpc) is 2.47. The van der Waals surface area contributed by atoms with Crippen LogP contribution in [0.3, 0.4) is 0 Å². The van der Waals surface area contributed by atoms with Crippen LogP contribution in [-0.4, -0.2) is 20.1 Å². The molecule has 3 N–H and O–H groups in total. The molecule has 2 rings (SSSR count). The molecule has 0 aromatic heterocycles. The summed E-state index contributed by atoms with van der Waals surface area (Å²) in [6, 6.07) is 10.6. The van der Waals surface area contributed by atoms with Gasteiger partial charge in [-0.1, -0.05) is 6.07 Å². The van der Waals surface area contributed by atoms with Crippen LogP contribution in [0.4, 0.5) is 0 Å². The molecule has 6 heteroatoms. The first-order valence-corrected chi connectivity index (χ1v) is 6.89. The van der Waals surface area contributed by atoms with Gasteiger partial charge >= 0.3 is 0 Å². The van der Waals surface area contributed by atoms with Gasteiger partial charge in [-0.15, -0.1) is 0 Å². The number of hydrogen-bond acceptors (Lipinski definition) is 4. The van der Waals surface area contributed by atoms with E-state index in [1.807, 2.05) is 6.07 Å². The highest BCUT2D eigenvalue weighted by molar-refractivity contribution is 9.10. The first-order chi connectivity index (χ1) is 10.1. The van der Waals surface area contributed by atoms with Gasteiger partial charge in [-0.05, 0) is 46.3 Å². The molecule has 0 aliphatic rings. The van der Waals surface area contributed by atoms with E-state index in [1.165, 1.54) is 0 Å². The summed E-state index contributed by atoms with van der Waals surface area (Å²) in [5, 5.41) is 7.46. The van der Waals surface area contributed by atoms with E-state index in [0.29, 0.717) is 33.0 Å². The number of nitrogens with two attached hydrogens (primary N) is 1. The zero-order valence-electron chi connectivity index (χ0n) is 11.6. The van der Waals surface area contributed by atoms with Gasteiger partial charge in [-0.2, -0.15) is 0 Å². The molecule has 21 heavy (non-hydrogen) atoms. The second kappa shape index (κ2) is 6.49. The SMILES string of the molecule is COc1cccc(OC)c1Oc1ccc(C(=N)N)c(Br)c1. The van der Waals surface area contributed by atoms with Crippen molar-refractivity contribution in [1.82, 2.24) is 0 Å². The number of benzene rings is 2. The maximum atomic E-state index is 7.46. The third-order valence-electron chi connectivity index (χ3n) is 2.83. The van der Waals surface area contributed by atoms with Gasteiger partial charge in [0.05, 0.1) is 14.2 Å². The largest absolute Gasteiger partial charge is 0.493 e. The summed E-state index contributed by atoms with van der Waals surface area (Å²) in [7, 11) is 3.13. The Hall–Kier alpha value is -2.21. The molecule has 2 aromatic rings. The number of methoxy groups -OCH3 is 2. The van der Waals surface area contributed by atoms with E-state index in [1.54, 1.807) is 44.6 Å². The lowest BCUT2D eigenvalue weighted by molar-refractivity contribution is 0.346. The van der Waals surface area contributed by atoms with Gasteiger partial charge < -0.3 is 19.9 Å². The van der Waals surface area contributed by atoms with Gasteiger partial charge in [0, 0.05) is 10.0 Å². The van der Waals surface area contributed by atoms with Crippen LogP contribution in [0.1, 0.15) is 5.56 Å². The van der Waals surface area contributed by atoms with Crippen LogP contribution in [0.25, 0.3) is 0 Å². The molecule has 0 atom stereocenters. The van der Waals surface area contributed by atoms with Crippen molar-refractivity contribution in [2.75, 3.05) is 14.2 Å². The number of nitrogens with one attached hydrogen (secondary N) is 1. The van der Waals surface area contributed by atoms with Crippen molar-refractivity contribution in [3.8, 4) is 23.0 Å². The van der Waals surface area contributed by atoms with Crippen molar-refractivity contribution in [2.45, 2.75) is 0 Å². The molecule has 110 valence electrons. The van der Waals surface area contributed by atoms with Crippen LogP contribution in [0.5, 0.6) is 23.0 Å². The minimum absolute atomic E-state index is 0.0108. The topological polar surface area (TPSA) is 77.6 Å². The van der Waals surface area contributed by atoms with Crippen molar-refractivity contribution in [1.29, 1.82) is 5.41 Å². The lowest BCUT2D eigenvalue weighted by Gasteiger charge is -2.14.